The predicted molar refractivity (Wildman–Crippen MR) is 343 cm³/mol. The molecule has 400 valence electrons. The van der Waals surface area contributed by atoms with E-state index in [9.17, 15) is 9.59 Å². The van der Waals surface area contributed by atoms with Crippen molar-refractivity contribution in [3.05, 3.63) is 237 Å². The Morgan fingerprint density at radius 3 is 1.44 bits per heavy atom. The van der Waals surface area contributed by atoms with Crippen LogP contribution in [0.15, 0.2) is 170 Å². The molecule has 0 fully saturated rings. The van der Waals surface area contributed by atoms with Gasteiger partial charge in [-0.3, -0.25) is 9.59 Å². The SMILES string of the molecule is CC.CC(=O)c1ccc2c3cccc4c5c(cc(c6ccc(C(=O)Cc7c(C(C)C)cccc7C(C)C)c1c26)c34)[nH]c1cc(C)ccc15.Cc1ccc2c(c1)C(C)(C)c1ccccc1-2.Cc1ccc2c(c1)C(C)(C)c1ccccc1-2. The van der Waals surface area contributed by atoms with E-state index in [1.54, 1.807) is 6.92 Å². The van der Waals surface area contributed by atoms with Crippen molar-refractivity contribution in [3.8, 4) is 22.3 Å². The van der Waals surface area contributed by atoms with Crippen LogP contribution in [0.4, 0.5) is 0 Å². The van der Waals surface area contributed by atoms with Crippen molar-refractivity contribution in [1.29, 1.82) is 0 Å². The number of ketones is 2. The molecular formula is C77H75NO2. The average Bonchev–Trinajstić information content (AvgIpc) is 4.01. The van der Waals surface area contributed by atoms with Crippen LogP contribution in [0.25, 0.3) is 87.1 Å². The maximum absolute atomic E-state index is 14.5. The van der Waals surface area contributed by atoms with Crippen LogP contribution in [0, 0.1) is 20.8 Å². The zero-order valence-electron chi connectivity index (χ0n) is 49.3. The molecule has 0 saturated carbocycles. The predicted octanol–water partition coefficient (Wildman–Crippen LogP) is 21.2. The Kier molecular flexibility index (Phi) is 13.8. The highest BCUT2D eigenvalue weighted by molar-refractivity contribution is 6.40. The van der Waals surface area contributed by atoms with Gasteiger partial charge in [-0.1, -0.05) is 238 Å². The van der Waals surface area contributed by atoms with Gasteiger partial charge in [0.05, 0.1) is 0 Å². The van der Waals surface area contributed by atoms with Crippen LogP contribution in [0.3, 0.4) is 0 Å². The number of aromatic nitrogens is 1. The van der Waals surface area contributed by atoms with E-state index < -0.39 is 0 Å². The van der Waals surface area contributed by atoms with Crippen LogP contribution < -0.4 is 0 Å². The first kappa shape index (κ1) is 53.8. The number of aromatic amines is 1. The lowest BCUT2D eigenvalue weighted by atomic mass is 9.82. The van der Waals surface area contributed by atoms with Crippen molar-refractivity contribution in [2.45, 2.75) is 126 Å². The van der Waals surface area contributed by atoms with E-state index in [4.69, 9.17) is 0 Å². The number of Topliss-reactive ketones (excluding diaryl/α,β-unsaturated/α-hetero) is 2. The number of hydrogen-bond donors (Lipinski definition) is 1. The fraction of sp³-hybridized carbons (Fsp3) is 0.247. The van der Waals surface area contributed by atoms with Gasteiger partial charge in [0.25, 0.3) is 0 Å². The summed E-state index contributed by atoms with van der Waals surface area (Å²) in [6.07, 6.45) is 0.305. The maximum atomic E-state index is 14.5. The summed E-state index contributed by atoms with van der Waals surface area (Å²) in [5, 5.41) is 11.0. The van der Waals surface area contributed by atoms with Gasteiger partial charge in [-0.25, -0.2) is 0 Å². The maximum Gasteiger partial charge on any atom is 0.167 e. The van der Waals surface area contributed by atoms with E-state index in [1.807, 2.05) is 26.0 Å². The first-order valence-corrected chi connectivity index (χ1v) is 29.0. The Morgan fingerprint density at radius 1 is 0.412 bits per heavy atom. The third-order valence-electron chi connectivity index (χ3n) is 17.6. The number of nitrogens with one attached hydrogen (secondary N) is 1. The molecule has 0 aliphatic heterocycles. The highest BCUT2D eigenvalue weighted by Gasteiger charge is 2.36. The first-order valence-electron chi connectivity index (χ1n) is 29.0. The van der Waals surface area contributed by atoms with Gasteiger partial charge in [0.2, 0.25) is 0 Å². The molecular weight excluding hydrogens is 971 g/mol. The van der Waals surface area contributed by atoms with Gasteiger partial charge in [0.1, 0.15) is 0 Å². The molecule has 0 saturated heterocycles. The summed E-state index contributed by atoms with van der Waals surface area (Å²) in [6, 6.07) is 61.0. The normalized spacial score (nSPS) is 13.4. The monoisotopic (exact) mass is 1050 g/mol. The van der Waals surface area contributed by atoms with Gasteiger partial charge in [-0.05, 0) is 156 Å². The first-order chi connectivity index (χ1) is 38.3. The highest BCUT2D eigenvalue weighted by atomic mass is 16.1. The molecule has 0 bridgehead atoms. The minimum absolute atomic E-state index is 0.0337. The Morgan fingerprint density at radius 2 is 0.875 bits per heavy atom. The van der Waals surface area contributed by atoms with Crippen molar-refractivity contribution >= 4 is 76.5 Å². The van der Waals surface area contributed by atoms with Gasteiger partial charge in [0.15, 0.2) is 11.6 Å². The van der Waals surface area contributed by atoms with Crippen LogP contribution in [0.1, 0.15) is 164 Å². The lowest BCUT2D eigenvalue weighted by molar-refractivity contribution is 0.0993. The Bertz CT molecular complexity index is 4310. The summed E-state index contributed by atoms with van der Waals surface area (Å²) in [5.74, 6) is 0.612. The molecule has 0 radical (unpaired) electrons. The molecule has 3 heteroatoms. The number of hydrogen-bond acceptors (Lipinski definition) is 2. The Balaban J connectivity index is 0.000000160. The summed E-state index contributed by atoms with van der Waals surface area (Å²) in [4.78, 5) is 31.4. The number of carbonyl (C=O) groups excluding carboxylic acids is 2. The van der Waals surface area contributed by atoms with Crippen molar-refractivity contribution in [3.63, 3.8) is 0 Å². The van der Waals surface area contributed by atoms with Crippen molar-refractivity contribution in [2.24, 2.45) is 0 Å². The summed E-state index contributed by atoms with van der Waals surface area (Å²) < 4.78 is 0. The molecule has 0 spiro atoms. The van der Waals surface area contributed by atoms with E-state index in [-0.39, 0.29) is 22.4 Å². The molecule has 2 aliphatic carbocycles. The average molecular weight is 1050 g/mol. The topological polar surface area (TPSA) is 49.9 Å². The van der Waals surface area contributed by atoms with Crippen molar-refractivity contribution in [2.75, 3.05) is 0 Å². The van der Waals surface area contributed by atoms with Crippen LogP contribution in [-0.4, -0.2) is 16.6 Å². The summed E-state index contributed by atoms with van der Waals surface area (Å²) in [7, 11) is 0. The second-order valence-electron chi connectivity index (χ2n) is 24.1. The van der Waals surface area contributed by atoms with E-state index in [1.165, 1.54) is 93.9 Å². The molecule has 3 nitrogen and oxygen atoms in total. The quantitative estimate of drug-likeness (QED) is 0.102. The van der Waals surface area contributed by atoms with E-state index in [0.717, 1.165) is 48.9 Å². The highest BCUT2D eigenvalue weighted by Crippen LogP contribution is 2.51. The second kappa shape index (κ2) is 20.5. The molecule has 1 aromatic heterocycles. The second-order valence-corrected chi connectivity index (χ2v) is 24.1. The molecule has 80 heavy (non-hydrogen) atoms. The number of rotatable bonds is 6. The lowest BCUT2D eigenvalue weighted by Gasteiger charge is -2.21. The minimum Gasteiger partial charge on any atom is -0.354 e. The third-order valence-corrected chi connectivity index (χ3v) is 17.6. The Labute approximate surface area is 473 Å². The van der Waals surface area contributed by atoms with Gasteiger partial charge >= 0.3 is 0 Å². The zero-order valence-corrected chi connectivity index (χ0v) is 49.3. The standard InChI is InChI=1S/C43H37NO2.2C16H16.C2H6/c1-22(2)26-9-7-10-27(23(3)4)35(26)21-39(46)33-18-17-31-36-20-38-41(32-14-13-24(5)19-37(32)44-38)34-12-8-11-29(40(34)36)30-16-15-28(25(6)45)42(33)43(30)31;2*1-11-8-9-13-12-6-4-5-7-14(12)16(2,3)15(13)10-11;1-2/h7-20,22-23,44H,21H2,1-6H3;2*4-10H,1-3H3;1-2H3. The molecule has 0 amide bonds. The molecule has 2 aliphatic rings. The number of H-pyrrole nitrogens is 1. The third kappa shape index (κ3) is 8.72. The molecule has 1 heterocycles. The zero-order chi connectivity index (χ0) is 56.7. The number of aryl methyl sites for hydroxylation is 3. The summed E-state index contributed by atoms with van der Waals surface area (Å²) in [5.41, 5.74) is 22.7. The largest absolute Gasteiger partial charge is 0.354 e. The number of carbonyl (C=O) groups is 2. The van der Waals surface area contributed by atoms with Crippen LogP contribution in [-0.2, 0) is 17.3 Å². The van der Waals surface area contributed by atoms with Gasteiger partial charge in [-0.15, -0.1) is 0 Å². The van der Waals surface area contributed by atoms with Crippen molar-refractivity contribution in [1.82, 2.24) is 4.98 Å². The molecule has 11 aromatic carbocycles. The fourth-order valence-electron chi connectivity index (χ4n) is 13.7. The minimum atomic E-state index is -0.0337. The Hall–Kier alpha value is -8.14. The molecule has 0 unspecified atom stereocenters. The molecule has 0 atom stereocenters. The van der Waals surface area contributed by atoms with Gasteiger partial charge < -0.3 is 4.98 Å². The van der Waals surface area contributed by atoms with Gasteiger partial charge in [0, 0.05) is 55.6 Å². The number of fused-ring (bicyclic) bond motifs is 12. The van der Waals surface area contributed by atoms with Crippen LogP contribution in [0.2, 0.25) is 0 Å². The molecule has 14 rings (SSSR count). The molecule has 12 aromatic rings. The summed E-state index contributed by atoms with van der Waals surface area (Å²) in [6.45, 7) is 30.1. The number of benzene rings is 11. The lowest BCUT2D eigenvalue weighted by Crippen LogP contribution is -2.14. The fourth-order valence-corrected chi connectivity index (χ4v) is 13.7. The van der Waals surface area contributed by atoms with Crippen LogP contribution >= 0.6 is 0 Å². The van der Waals surface area contributed by atoms with E-state index >= 15 is 0 Å². The van der Waals surface area contributed by atoms with Crippen LogP contribution in [0.5, 0.6) is 0 Å². The van der Waals surface area contributed by atoms with Gasteiger partial charge in [-0.2, -0.15) is 0 Å². The van der Waals surface area contributed by atoms with E-state index in [0.29, 0.717) is 29.4 Å². The smallest absolute Gasteiger partial charge is 0.167 e. The summed E-state index contributed by atoms with van der Waals surface area (Å²) >= 11 is 0. The van der Waals surface area contributed by atoms with Crippen molar-refractivity contribution < 1.29 is 9.59 Å². The molecule has 1 N–H and O–H groups in total. The van der Waals surface area contributed by atoms with E-state index in [2.05, 4.69) is 239 Å².